The summed E-state index contributed by atoms with van der Waals surface area (Å²) in [6, 6.07) is 10.1. The first kappa shape index (κ1) is 12.5. The van der Waals surface area contributed by atoms with Gasteiger partial charge in [0.1, 0.15) is 5.75 Å². The van der Waals surface area contributed by atoms with Crippen LogP contribution in [0.1, 0.15) is 0 Å². The zero-order valence-electron chi connectivity index (χ0n) is 8.97. The van der Waals surface area contributed by atoms with Gasteiger partial charge in [-0.15, -0.1) is 0 Å². The summed E-state index contributed by atoms with van der Waals surface area (Å²) < 4.78 is 19.6. The third-order valence-corrected chi connectivity index (χ3v) is 2.71. The van der Waals surface area contributed by atoms with Gasteiger partial charge in [0, 0.05) is 10.5 Å². The van der Waals surface area contributed by atoms with Gasteiger partial charge in [0.2, 0.25) is 5.75 Å². The van der Waals surface area contributed by atoms with Gasteiger partial charge in [0.05, 0.1) is 4.92 Å². The molecule has 0 aromatic heterocycles. The summed E-state index contributed by atoms with van der Waals surface area (Å²) in [4.78, 5) is 10.1. The zero-order chi connectivity index (χ0) is 13.1. The summed E-state index contributed by atoms with van der Waals surface area (Å²) >= 11 is 3.25. The number of hydrogen-bond acceptors (Lipinski definition) is 3. The van der Waals surface area contributed by atoms with Crippen LogP contribution in [0.4, 0.5) is 10.1 Å². The van der Waals surface area contributed by atoms with Crippen molar-refractivity contribution in [2.24, 2.45) is 0 Å². The van der Waals surface area contributed by atoms with Crippen molar-refractivity contribution in [3.63, 3.8) is 0 Å². The second-order valence-electron chi connectivity index (χ2n) is 3.40. The number of nitro benzene ring substituents is 1. The third-order valence-electron chi connectivity index (χ3n) is 2.18. The fourth-order valence-corrected chi connectivity index (χ4v) is 1.63. The van der Waals surface area contributed by atoms with Crippen molar-refractivity contribution in [2.75, 3.05) is 0 Å². The molecule has 2 rings (SSSR count). The van der Waals surface area contributed by atoms with Gasteiger partial charge in [0.15, 0.2) is 5.82 Å². The van der Waals surface area contributed by atoms with E-state index in [9.17, 15) is 14.5 Å². The van der Waals surface area contributed by atoms with Crippen LogP contribution in [0, 0.1) is 15.9 Å². The van der Waals surface area contributed by atoms with Crippen LogP contribution >= 0.6 is 15.9 Å². The van der Waals surface area contributed by atoms with Crippen LogP contribution in [0.2, 0.25) is 0 Å². The fourth-order valence-electron chi connectivity index (χ4n) is 1.36. The molecule has 0 amide bonds. The molecule has 0 bridgehead atoms. The Hall–Kier alpha value is -1.95. The lowest BCUT2D eigenvalue weighted by Crippen LogP contribution is -1.95. The molecule has 92 valence electrons. The molecular formula is C12H7BrFNO3. The molecule has 2 aromatic carbocycles. The maximum absolute atomic E-state index is 13.5. The summed E-state index contributed by atoms with van der Waals surface area (Å²) in [5, 5.41) is 10.8. The number of ether oxygens (including phenoxy) is 1. The Morgan fingerprint density at radius 1 is 1.17 bits per heavy atom. The molecule has 0 aliphatic rings. The standard InChI is InChI=1S/C12H7BrFNO3/c13-8-4-6-9(7-5-8)18-12-10(14)2-1-3-11(12)15(16)17/h1-7H. The monoisotopic (exact) mass is 311 g/mol. The van der Waals surface area contributed by atoms with Crippen LogP contribution in [0.5, 0.6) is 11.5 Å². The van der Waals surface area contributed by atoms with Crippen molar-refractivity contribution < 1.29 is 14.1 Å². The molecule has 18 heavy (non-hydrogen) atoms. The first-order valence-electron chi connectivity index (χ1n) is 4.94. The average Bonchev–Trinajstić information content (AvgIpc) is 2.34. The van der Waals surface area contributed by atoms with E-state index in [0.717, 1.165) is 10.5 Å². The molecule has 0 fully saturated rings. The first-order valence-corrected chi connectivity index (χ1v) is 5.73. The van der Waals surface area contributed by atoms with E-state index in [1.54, 1.807) is 24.3 Å². The van der Waals surface area contributed by atoms with E-state index >= 15 is 0 Å². The van der Waals surface area contributed by atoms with Crippen molar-refractivity contribution in [1.29, 1.82) is 0 Å². The van der Waals surface area contributed by atoms with Gasteiger partial charge in [-0.3, -0.25) is 10.1 Å². The first-order chi connectivity index (χ1) is 8.58. The van der Waals surface area contributed by atoms with Crippen molar-refractivity contribution in [2.45, 2.75) is 0 Å². The Bertz CT molecular complexity index is 586. The van der Waals surface area contributed by atoms with Crippen molar-refractivity contribution in [3.8, 4) is 11.5 Å². The second kappa shape index (κ2) is 5.14. The highest BCUT2D eigenvalue weighted by Crippen LogP contribution is 2.33. The lowest BCUT2D eigenvalue weighted by atomic mass is 10.3. The number of nitrogens with zero attached hydrogens (tertiary/aromatic N) is 1. The molecule has 0 heterocycles. The van der Waals surface area contributed by atoms with Gasteiger partial charge >= 0.3 is 5.69 Å². The van der Waals surface area contributed by atoms with E-state index < -0.39 is 16.4 Å². The lowest BCUT2D eigenvalue weighted by Gasteiger charge is -2.07. The third kappa shape index (κ3) is 2.65. The van der Waals surface area contributed by atoms with Crippen molar-refractivity contribution >= 4 is 21.6 Å². The van der Waals surface area contributed by atoms with Gasteiger partial charge < -0.3 is 4.74 Å². The molecule has 0 atom stereocenters. The summed E-state index contributed by atoms with van der Waals surface area (Å²) in [6.07, 6.45) is 0. The quantitative estimate of drug-likeness (QED) is 0.627. The van der Waals surface area contributed by atoms with Crippen molar-refractivity contribution in [1.82, 2.24) is 0 Å². The molecule has 0 aliphatic carbocycles. The Morgan fingerprint density at radius 3 is 2.44 bits per heavy atom. The highest BCUT2D eigenvalue weighted by molar-refractivity contribution is 9.10. The Labute approximate surface area is 110 Å². The molecule has 4 nitrogen and oxygen atoms in total. The summed E-state index contributed by atoms with van der Waals surface area (Å²) in [7, 11) is 0. The summed E-state index contributed by atoms with van der Waals surface area (Å²) in [6.45, 7) is 0. The van der Waals surface area contributed by atoms with E-state index in [1.165, 1.54) is 12.1 Å². The number of hydrogen-bond donors (Lipinski definition) is 0. The smallest absolute Gasteiger partial charge is 0.314 e. The maximum Gasteiger partial charge on any atom is 0.314 e. The van der Waals surface area contributed by atoms with Gasteiger partial charge in [0.25, 0.3) is 0 Å². The van der Waals surface area contributed by atoms with Gasteiger partial charge in [-0.2, -0.15) is 0 Å². The molecule has 0 aliphatic heterocycles. The van der Waals surface area contributed by atoms with E-state index in [1.807, 2.05) is 0 Å². The van der Waals surface area contributed by atoms with Crippen LogP contribution < -0.4 is 4.74 Å². The average molecular weight is 312 g/mol. The molecule has 0 saturated carbocycles. The number of nitro groups is 1. The minimum atomic E-state index is -0.771. The second-order valence-corrected chi connectivity index (χ2v) is 4.32. The largest absolute Gasteiger partial charge is 0.447 e. The number of para-hydroxylation sites is 1. The van der Waals surface area contributed by atoms with Crippen LogP contribution in [0.25, 0.3) is 0 Å². The zero-order valence-corrected chi connectivity index (χ0v) is 10.6. The van der Waals surface area contributed by atoms with E-state index in [-0.39, 0.29) is 5.75 Å². The van der Waals surface area contributed by atoms with Crippen molar-refractivity contribution in [3.05, 3.63) is 62.9 Å². The van der Waals surface area contributed by atoms with E-state index in [4.69, 9.17) is 4.74 Å². The lowest BCUT2D eigenvalue weighted by molar-refractivity contribution is -0.385. The maximum atomic E-state index is 13.5. The molecule has 0 saturated heterocycles. The van der Waals surface area contributed by atoms with E-state index in [2.05, 4.69) is 15.9 Å². The van der Waals surface area contributed by atoms with Crippen LogP contribution in [-0.2, 0) is 0 Å². The highest BCUT2D eigenvalue weighted by atomic mass is 79.9. The molecule has 6 heteroatoms. The predicted molar refractivity (Wildman–Crippen MR) is 67.3 cm³/mol. The molecule has 0 N–H and O–H groups in total. The van der Waals surface area contributed by atoms with Crippen LogP contribution in [0.3, 0.4) is 0 Å². The fraction of sp³-hybridized carbons (Fsp3) is 0. The predicted octanol–water partition coefficient (Wildman–Crippen LogP) is 4.29. The highest BCUT2D eigenvalue weighted by Gasteiger charge is 2.19. The Kier molecular flexibility index (Phi) is 3.57. The number of benzene rings is 2. The molecule has 0 unspecified atom stereocenters. The Balaban J connectivity index is 2.39. The van der Waals surface area contributed by atoms with Crippen LogP contribution in [-0.4, -0.2) is 4.92 Å². The minimum Gasteiger partial charge on any atom is -0.447 e. The number of halogens is 2. The number of rotatable bonds is 3. The van der Waals surface area contributed by atoms with Gasteiger partial charge in [-0.1, -0.05) is 22.0 Å². The summed E-state index contributed by atoms with van der Waals surface area (Å²) in [5.41, 5.74) is -0.405. The molecule has 0 spiro atoms. The molecule has 0 radical (unpaired) electrons. The summed E-state index contributed by atoms with van der Waals surface area (Å²) in [5.74, 6) is -0.830. The molecule has 2 aromatic rings. The normalized spacial score (nSPS) is 10.1. The Morgan fingerprint density at radius 2 is 1.83 bits per heavy atom. The van der Waals surface area contributed by atoms with E-state index in [0.29, 0.717) is 5.75 Å². The SMILES string of the molecule is O=[N+]([O-])c1cccc(F)c1Oc1ccc(Br)cc1. The van der Waals surface area contributed by atoms with Gasteiger partial charge in [-0.05, 0) is 30.3 Å². The molecular weight excluding hydrogens is 305 g/mol. The topological polar surface area (TPSA) is 52.4 Å². The van der Waals surface area contributed by atoms with Gasteiger partial charge in [-0.25, -0.2) is 4.39 Å². The minimum absolute atomic E-state index is 0.325. The van der Waals surface area contributed by atoms with Crippen LogP contribution in [0.15, 0.2) is 46.9 Å².